The summed E-state index contributed by atoms with van der Waals surface area (Å²) in [4.78, 5) is 22.4. The van der Waals surface area contributed by atoms with Crippen LogP contribution in [0.4, 0.5) is 30.7 Å². The molecule has 0 saturated heterocycles. The summed E-state index contributed by atoms with van der Waals surface area (Å²) in [6.45, 7) is 0.532. The first kappa shape index (κ1) is 33.5. The minimum absolute atomic E-state index is 0.00980. The second-order valence-corrected chi connectivity index (χ2v) is 10.2. The molecule has 0 spiro atoms. The molecule has 1 unspecified atom stereocenters. The van der Waals surface area contributed by atoms with Gasteiger partial charge in [-0.2, -0.15) is 36.5 Å². The first-order valence-electron chi connectivity index (χ1n) is 14.0. The Morgan fingerprint density at radius 1 is 0.936 bits per heavy atom. The second-order valence-electron chi connectivity index (χ2n) is 10.2. The lowest BCUT2D eigenvalue weighted by Crippen LogP contribution is -2.34. The Kier molecular flexibility index (Phi) is 9.91. The number of nitrogens with one attached hydrogen (secondary N) is 1. The van der Waals surface area contributed by atoms with E-state index in [2.05, 4.69) is 20.2 Å². The van der Waals surface area contributed by atoms with Gasteiger partial charge in [-0.25, -0.2) is 14.2 Å². The molecule has 2 aromatic carbocycles. The SMILES string of the molecule is COCCOCCOC(=O)C(c1ccc(-c2ccc(C(F)(F)F)cc2C(F)(F)F)nn1)N1C=Cc2nc(-c3ccccc3F)[nH]c2C1. The summed E-state index contributed by atoms with van der Waals surface area (Å²) >= 11 is 0. The van der Waals surface area contributed by atoms with E-state index in [1.807, 2.05) is 0 Å². The number of alkyl halides is 6. The van der Waals surface area contributed by atoms with Crippen molar-refractivity contribution in [3.63, 3.8) is 0 Å². The Labute approximate surface area is 263 Å². The van der Waals surface area contributed by atoms with Gasteiger partial charge in [-0.1, -0.05) is 18.2 Å². The van der Waals surface area contributed by atoms with Crippen LogP contribution in [0.25, 0.3) is 28.7 Å². The van der Waals surface area contributed by atoms with Gasteiger partial charge >= 0.3 is 18.3 Å². The lowest BCUT2D eigenvalue weighted by molar-refractivity contribution is -0.151. The van der Waals surface area contributed by atoms with Crippen molar-refractivity contribution in [1.82, 2.24) is 25.1 Å². The number of benzene rings is 2. The van der Waals surface area contributed by atoms with E-state index in [1.54, 1.807) is 18.2 Å². The fourth-order valence-corrected chi connectivity index (χ4v) is 4.80. The number of carbonyl (C=O) groups is 1. The number of carbonyl (C=O) groups excluding carboxylic acids is 1. The van der Waals surface area contributed by atoms with Crippen LogP contribution >= 0.6 is 0 Å². The number of hydrogen-bond acceptors (Lipinski definition) is 8. The second kappa shape index (κ2) is 13.9. The molecule has 0 saturated carbocycles. The molecule has 1 N–H and O–H groups in total. The molecule has 0 radical (unpaired) electrons. The van der Waals surface area contributed by atoms with Crippen LogP contribution in [0.5, 0.6) is 0 Å². The number of methoxy groups -OCH3 is 1. The minimum Gasteiger partial charge on any atom is -0.461 e. The molecule has 0 amide bonds. The van der Waals surface area contributed by atoms with E-state index >= 15 is 0 Å². The highest BCUT2D eigenvalue weighted by atomic mass is 19.4. The van der Waals surface area contributed by atoms with E-state index < -0.39 is 46.9 Å². The van der Waals surface area contributed by atoms with Gasteiger partial charge in [0.1, 0.15) is 18.2 Å². The molecule has 47 heavy (non-hydrogen) atoms. The summed E-state index contributed by atoms with van der Waals surface area (Å²) in [5, 5.41) is 7.85. The molecule has 1 atom stereocenters. The fraction of sp³-hybridized carbons (Fsp3) is 0.290. The smallest absolute Gasteiger partial charge is 0.417 e. The summed E-state index contributed by atoms with van der Waals surface area (Å²) in [6, 6.07) is 8.32. The molecule has 16 heteroatoms. The Bertz CT molecular complexity index is 1740. The third kappa shape index (κ3) is 7.77. The molecule has 4 aromatic rings. The van der Waals surface area contributed by atoms with Crippen molar-refractivity contribution in [2.75, 3.05) is 33.5 Å². The Morgan fingerprint density at radius 2 is 1.70 bits per heavy atom. The maximum Gasteiger partial charge on any atom is 0.417 e. The molecule has 3 heterocycles. The fourth-order valence-electron chi connectivity index (χ4n) is 4.80. The summed E-state index contributed by atoms with van der Waals surface area (Å²) < 4.78 is 111. The molecule has 1 aliphatic heterocycles. The number of rotatable bonds is 11. The summed E-state index contributed by atoms with van der Waals surface area (Å²) in [5.74, 6) is -1.03. The summed E-state index contributed by atoms with van der Waals surface area (Å²) in [7, 11) is 1.50. The maximum atomic E-state index is 14.4. The monoisotopic (exact) mass is 665 g/mol. The van der Waals surface area contributed by atoms with Crippen molar-refractivity contribution in [1.29, 1.82) is 0 Å². The summed E-state index contributed by atoms with van der Waals surface area (Å²) in [6.07, 6.45) is -7.02. The third-order valence-corrected chi connectivity index (χ3v) is 7.06. The van der Waals surface area contributed by atoms with Crippen LogP contribution in [0.1, 0.15) is 34.3 Å². The normalized spacial score (nSPS) is 13.8. The van der Waals surface area contributed by atoms with Crippen LogP contribution in [0.15, 0.2) is 60.8 Å². The molecule has 1 aliphatic rings. The third-order valence-electron chi connectivity index (χ3n) is 7.06. The maximum absolute atomic E-state index is 14.4. The van der Waals surface area contributed by atoms with Crippen molar-refractivity contribution in [2.24, 2.45) is 0 Å². The number of hydrogen-bond donors (Lipinski definition) is 1. The van der Waals surface area contributed by atoms with E-state index in [4.69, 9.17) is 14.2 Å². The standard InChI is InChI=1S/C31H26F7N5O4/c1-45-12-13-46-14-15-47-29(44)27(43-11-10-24-26(17-43)40-28(39-24)20-4-2-3-5-22(20)32)25-9-8-23(41-42-25)19-7-6-18(30(33,34)35)16-21(19)31(36,37)38/h2-11,16,27H,12-15,17H2,1H3,(H,39,40). The minimum atomic E-state index is -5.13. The van der Waals surface area contributed by atoms with Crippen LogP contribution in [0, 0.1) is 5.82 Å². The Hall–Kier alpha value is -4.83. The van der Waals surface area contributed by atoms with Crippen LogP contribution < -0.4 is 0 Å². The highest BCUT2D eigenvalue weighted by molar-refractivity contribution is 5.78. The number of aromatic amines is 1. The van der Waals surface area contributed by atoms with Crippen LogP contribution in [0.2, 0.25) is 0 Å². The van der Waals surface area contributed by atoms with Gasteiger partial charge in [0, 0.05) is 18.9 Å². The van der Waals surface area contributed by atoms with Gasteiger partial charge < -0.3 is 24.1 Å². The first-order valence-corrected chi connectivity index (χ1v) is 14.0. The van der Waals surface area contributed by atoms with Gasteiger partial charge in [0.05, 0.1) is 65.8 Å². The van der Waals surface area contributed by atoms with E-state index in [0.717, 1.165) is 6.07 Å². The van der Waals surface area contributed by atoms with E-state index in [-0.39, 0.29) is 55.2 Å². The van der Waals surface area contributed by atoms with Crippen LogP contribution in [0.3, 0.4) is 0 Å². The number of fused-ring (bicyclic) bond motifs is 1. The van der Waals surface area contributed by atoms with Crippen molar-refractivity contribution >= 4 is 12.0 Å². The molecule has 0 fully saturated rings. The van der Waals surface area contributed by atoms with Crippen molar-refractivity contribution < 1.29 is 49.7 Å². The average molecular weight is 666 g/mol. The van der Waals surface area contributed by atoms with Crippen molar-refractivity contribution in [2.45, 2.75) is 24.9 Å². The number of aromatic nitrogens is 4. The zero-order chi connectivity index (χ0) is 33.8. The van der Waals surface area contributed by atoms with Crippen LogP contribution in [-0.4, -0.2) is 64.6 Å². The number of halogens is 7. The molecule has 248 valence electrons. The zero-order valence-electron chi connectivity index (χ0n) is 24.5. The predicted octanol–water partition coefficient (Wildman–Crippen LogP) is 6.44. The number of ether oxygens (including phenoxy) is 3. The predicted molar refractivity (Wildman–Crippen MR) is 152 cm³/mol. The molecule has 2 aromatic heterocycles. The summed E-state index contributed by atoms with van der Waals surface area (Å²) in [5.41, 5.74) is -2.80. The highest BCUT2D eigenvalue weighted by Gasteiger charge is 2.39. The largest absolute Gasteiger partial charge is 0.461 e. The zero-order valence-corrected chi connectivity index (χ0v) is 24.5. The number of esters is 1. The lowest BCUT2D eigenvalue weighted by Gasteiger charge is -2.30. The first-order chi connectivity index (χ1) is 22.4. The number of nitrogens with zero attached hydrogens (tertiary/aromatic N) is 4. The molecule has 5 rings (SSSR count). The lowest BCUT2D eigenvalue weighted by atomic mass is 10.00. The van der Waals surface area contributed by atoms with Gasteiger partial charge in [0.2, 0.25) is 0 Å². The molecule has 0 bridgehead atoms. The van der Waals surface area contributed by atoms with Crippen molar-refractivity contribution in [3.8, 4) is 22.6 Å². The van der Waals surface area contributed by atoms with Gasteiger partial charge in [-0.3, -0.25) is 0 Å². The number of H-pyrrole nitrogens is 1. The van der Waals surface area contributed by atoms with Gasteiger partial charge in [-0.15, -0.1) is 0 Å². The van der Waals surface area contributed by atoms with E-state index in [1.165, 1.54) is 36.4 Å². The van der Waals surface area contributed by atoms with E-state index in [0.29, 0.717) is 30.1 Å². The van der Waals surface area contributed by atoms with Gasteiger partial charge in [0.25, 0.3) is 0 Å². The average Bonchev–Trinajstić information content (AvgIpc) is 3.46. The number of imidazole rings is 1. The quantitative estimate of drug-likeness (QED) is 0.111. The Morgan fingerprint density at radius 3 is 2.38 bits per heavy atom. The Balaban J connectivity index is 1.44. The molecule has 9 nitrogen and oxygen atoms in total. The van der Waals surface area contributed by atoms with Gasteiger partial charge in [0.15, 0.2) is 6.04 Å². The van der Waals surface area contributed by atoms with Crippen LogP contribution in [-0.2, 0) is 37.9 Å². The topological polar surface area (TPSA) is 102 Å². The molecular formula is C31H26F7N5O4. The van der Waals surface area contributed by atoms with E-state index in [9.17, 15) is 35.5 Å². The molecule has 0 aliphatic carbocycles. The van der Waals surface area contributed by atoms with Crippen molar-refractivity contribution in [3.05, 3.63) is 94.8 Å². The highest BCUT2D eigenvalue weighted by Crippen LogP contribution is 2.40. The van der Waals surface area contributed by atoms with Gasteiger partial charge in [-0.05, 0) is 42.5 Å². The molecular weight excluding hydrogens is 639 g/mol.